The van der Waals surface area contributed by atoms with E-state index in [0.29, 0.717) is 54.2 Å². The van der Waals surface area contributed by atoms with E-state index in [1.807, 2.05) is 6.07 Å². The molecule has 9 aliphatic carbocycles. The largest absolute Gasteiger partial charge is 0.469 e. The lowest BCUT2D eigenvalue weighted by molar-refractivity contribution is -0.281. The second-order valence-corrected chi connectivity index (χ2v) is 30.5. The van der Waals surface area contributed by atoms with Crippen LogP contribution < -0.4 is 5.32 Å². The molecule has 13 fully saturated rings. The summed E-state index contributed by atoms with van der Waals surface area (Å²) in [4.78, 5) is 49.9. The molecule has 1 aromatic rings. The molecule has 16 aliphatic rings. The summed E-state index contributed by atoms with van der Waals surface area (Å²) < 4.78 is 35.8. The van der Waals surface area contributed by atoms with Crippen LogP contribution in [-0.4, -0.2) is 106 Å². The zero-order chi connectivity index (χ0) is 53.1. The maximum absolute atomic E-state index is 16.7. The average Bonchev–Trinajstić information content (AvgIpc) is 1.43. The van der Waals surface area contributed by atoms with Gasteiger partial charge in [0.25, 0.3) is 0 Å². The highest BCUT2D eigenvalue weighted by atomic mass is 16.7. The fourth-order valence-corrected chi connectivity index (χ4v) is 25.8. The number of nitrogens with zero attached hydrogens (tertiary/aromatic N) is 1. The number of hydrogen-bond acceptors (Lipinski definition) is 13. The maximum Gasteiger partial charge on any atom is 0.339 e. The summed E-state index contributed by atoms with van der Waals surface area (Å²) in [6, 6.07) is 2.40. The first-order chi connectivity index (χ1) is 37.5. The molecule has 5 spiro atoms. The standard InChI is InChI=1S/C65H84N2O11/c1-33-40-10-6-5-9-34(40)11-13-41(33)45-23-38-22-39-27-61(17-7-8-18-61)30-62(39)26-37-25-58(2)54(43-16-20-74-48(43)24-44(47(69)29-68)35-12-14-42-36(21-35)15-19-67-32-66-28-46(42)67)76-57(73)55-65(58,77-55)59(3)50(37)63-31-75-56(72)52(62)64(38,63)78-60(45,4)51(63)49(70)53(59)71/h11,13,15-16,19-20,23,33-37,39-42,44-47,50-55,66,68-69,71H,5-10,12,14,17-18,21-22,24-32H2,1-4H3. The highest BCUT2D eigenvalue weighted by molar-refractivity contribution is 5.94. The first kappa shape index (κ1) is 49.3. The van der Waals surface area contributed by atoms with Gasteiger partial charge in [-0.1, -0.05) is 70.8 Å². The smallest absolute Gasteiger partial charge is 0.339 e. The van der Waals surface area contributed by atoms with Gasteiger partial charge < -0.3 is 43.6 Å². The van der Waals surface area contributed by atoms with Crippen molar-refractivity contribution in [1.82, 2.24) is 10.2 Å². The molecule has 0 aromatic carbocycles. The topological polar surface area (TPSA) is 181 Å². The lowest BCUT2D eigenvalue weighted by Crippen LogP contribution is -2.80. The van der Waals surface area contributed by atoms with Crippen LogP contribution in [0.15, 0.2) is 52.8 Å². The Bertz CT molecular complexity index is 2870. The van der Waals surface area contributed by atoms with E-state index >= 15 is 14.4 Å². The number of carbonyl (C=O) groups excluding carboxylic acids is 3. The minimum Gasteiger partial charge on any atom is -0.469 e. The number of ether oxygens (including phenoxy) is 4. The van der Waals surface area contributed by atoms with Crippen molar-refractivity contribution in [3.8, 4) is 0 Å². The number of Topliss-reactive ketones (excluding diaryl/α,β-unsaturated/α-hetero) is 1. The van der Waals surface area contributed by atoms with E-state index in [2.05, 4.69) is 68.4 Å². The Morgan fingerprint density at radius 1 is 0.910 bits per heavy atom. The molecule has 4 N–H and O–H groups in total. The number of cyclic esters (lactones) is 2. The molecule has 13 heteroatoms. The monoisotopic (exact) mass is 1070 g/mol. The number of rotatable bonds is 7. The third-order valence-electron chi connectivity index (χ3n) is 28.1. The Hall–Kier alpha value is -3.33. The summed E-state index contributed by atoms with van der Waals surface area (Å²) in [5.41, 5.74) is -5.22. The van der Waals surface area contributed by atoms with Crippen LogP contribution >= 0.6 is 0 Å². The molecule has 420 valence electrons. The van der Waals surface area contributed by atoms with Gasteiger partial charge in [0.05, 0.1) is 48.5 Å². The third kappa shape index (κ3) is 5.49. The third-order valence-corrected chi connectivity index (χ3v) is 28.1. The lowest BCUT2D eigenvalue weighted by Gasteiger charge is -2.70. The second kappa shape index (κ2) is 15.9. The molecule has 17 rings (SSSR count). The van der Waals surface area contributed by atoms with Crippen molar-refractivity contribution in [2.45, 2.75) is 184 Å². The number of carbonyl (C=O) groups is 3. The number of allylic oxidation sites excluding steroid dienone is 3. The van der Waals surface area contributed by atoms with Crippen molar-refractivity contribution in [3.63, 3.8) is 0 Å². The average molecular weight is 1070 g/mol. The zero-order valence-corrected chi connectivity index (χ0v) is 46.4. The number of aliphatic hydroxyl groups excluding tert-OH is 3. The molecule has 7 aliphatic heterocycles. The molecule has 5 bridgehead atoms. The van der Waals surface area contributed by atoms with Crippen molar-refractivity contribution in [2.75, 3.05) is 26.4 Å². The van der Waals surface area contributed by atoms with E-state index < -0.39 is 86.6 Å². The SMILES string of the molecule is CC1C(C2C=C3CC4CC5(CCCC5)CC45CC4CC6(C)C(c7ccoc7CC(C(O)CO)C7CCC8C(C=CN9CNCC89)C7)OC(=O)C7OC76C6(C)C(O)C(=O)C7C2(C)OC32C5C(=O)OCC72C46)C=CC2CCCCC21. The highest BCUT2D eigenvalue weighted by Crippen LogP contribution is 2.89. The first-order valence-electron chi connectivity index (χ1n) is 31.4. The second-order valence-electron chi connectivity index (χ2n) is 30.5. The van der Waals surface area contributed by atoms with Crippen molar-refractivity contribution >= 4 is 17.7 Å². The fourth-order valence-electron chi connectivity index (χ4n) is 25.8. The number of fused-ring (bicyclic) bond motifs is 6. The molecule has 78 heavy (non-hydrogen) atoms. The van der Waals surface area contributed by atoms with E-state index in [4.69, 9.17) is 23.4 Å². The van der Waals surface area contributed by atoms with Gasteiger partial charge in [0, 0.05) is 41.3 Å². The maximum atomic E-state index is 16.7. The van der Waals surface area contributed by atoms with Gasteiger partial charge in [-0.05, 0) is 178 Å². The fraction of sp³-hybridized carbons (Fsp3) is 0.800. The number of hydrogen-bond donors (Lipinski definition) is 4. The predicted octanol–water partition coefficient (Wildman–Crippen LogP) is 8.16. The molecule has 26 unspecified atom stereocenters. The molecule has 5 saturated heterocycles. The number of aliphatic hydroxyl groups is 3. The molecule has 0 amide bonds. The molecule has 26 atom stereocenters. The molecule has 8 saturated carbocycles. The Balaban J connectivity index is 0.814. The molecule has 8 heterocycles. The number of nitrogens with one attached hydrogen (secondary N) is 1. The van der Waals surface area contributed by atoms with Crippen LogP contribution in [0.25, 0.3) is 0 Å². The van der Waals surface area contributed by atoms with Gasteiger partial charge in [-0.15, -0.1) is 0 Å². The Morgan fingerprint density at radius 3 is 2.58 bits per heavy atom. The van der Waals surface area contributed by atoms with Crippen LogP contribution in [0.4, 0.5) is 0 Å². The Kier molecular flexibility index (Phi) is 10.0. The minimum atomic E-state index is -1.50. The van der Waals surface area contributed by atoms with Crippen molar-refractivity contribution in [1.29, 1.82) is 0 Å². The molecule has 1 aromatic heterocycles. The van der Waals surface area contributed by atoms with Crippen LogP contribution in [0.3, 0.4) is 0 Å². The van der Waals surface area contributed by atoms with Crippen LogP contribution in [-0.2, 0) is 39.8 Å². The minimum absolute atomic E-state index is 0.0364. The van der Waals surface area contributed by atoms with Crippen LogP contribution in [0.5, 0.6) is 0 Å². The van der Waals surface area contributed by atoms with Crippen molar-refractivity contribution < 1.29 is 53.1 Å². The van der Waals surface area contributed by atoms with Gasteiger partial charge in [-0.25, -0.2) is 4.79 Å². The lowest BCUT2D eigenvalue weighted by atomic mass is 9.32. The van der Waals surface area contributed by atoms with Gasteiger partial charge >= 0.3 is 11.9 Å². The summed E-state index contributed by atoms with van der Waals surface area (Å²) in [5.74, 6) is 0.194. The number of esters is 2. The Labute approximate surface area is 459 Å². The molecule has 13 nitrogen and oxygen atoms in total. The van der Waals surface area contributed by atoms with Gasteiger partial charge in [0.15, 0.2) is 11.9 Å². The molecule has 0 radical (unpaired) electrons. The van der Waals surface area contributed by atoms with Gasteiger partial charge in [0.2, 0.25) is 0 Å². The highest BCUT2D eigenvalue weighted by Gasteiger charge is 2.97. The van der Waals surface area contributed by atoms with Crippen LogP contribution in [0, 0.1) is 110 Å². The van der Waals surface area contributed by atoms with Gasteiger partial charge in [0.1, 0.15) is 35.8 Å². The summed E-state index contributed by atoms with van der Waals surface area (Å²) in [7, 11) is 0. The Morgan fingerprint density at radius 2 is 1.74 bits per heavy atom. The van der Waals surface area contributed by atoms with E-state index in [0.717, 1.165) is 76.6 Å². The summed E-state index contributed by atoms with van der Waals surface area (Å²) in [5, 5.41) is 39.9. The summed E-state index contributed by atoms with van der Waals surface area (Å²) >= 11 is 0. The molecular formula is C65H84N2O11. The van der Waals surface area contributed by atoms with Crippen LogP contribution in [0.1, 0.15) is 148 Å². The van der Waals surface area contributed by atoms with Crippen LogP contribution in [0.2, 0.25) is 0 Å². The van der Waals surface area contributed by atoms with E-state index in [9.17, 15) is 15.3 Å². The van der Waals surface area contributed by atoms with E-state index in [1.54, 1.807) is 6.26 Å². The molecular weight excluding hydrogens is 985 g/mol. The van der Waals surface area contributed by atoms with Gasteiger partial charge in [-0.2, -0.15) is 0 Å². The zero-order valence-electron chi connectivity index (χ0n) is 46.4. The first-order valence-corrected chi connectivity index (χ1v) is 31.4. The predicted molar refractivity (Wildman–Crippen MR) is 283 cm³/mol. The summed E-state index contributed by atoms with van der Waals surface area (Å²) in [6.07, 6.45) is 26.5. The van der Waals surface area contributed by atoms with Gasteiger partial charge in [-0.3, -0.25) is 14.9 Å². The number of furan rings is 1. The van der Waals surface area contributed by atoms with E-state index in [1.165, 1.54) is 44.1 Å². The normalized spacial score (nSPS) is 55.3. The quantitative estimate of drug-likeness (QED) is 0.117. The number of epoxide rings is 1. The summed E-state index contributed by atoms with van der Waals surface area (Å²) in [6.45, 7) is 10.5. The number of ketones is 1. The van der Waals surface area contributed by atoms with E-state index in [-0.39, 0.29) is 65.9 Å². The van der Waals surface area contributed by atoms with Crippen molar-refractivity contribution in [2.24, 2.45) is 110 Å². The van der Waals surface area contributed by atoms with Crippen molar-refractivity contribution in [3.05, 3.63) is 59.7 Å².